The molecule has 0 atom stereocenters. The number of rotatable bonds is 7. The smallest absolute Gasteiger partial charge is 0.255 e. The van der Waals surface area contributed by atoms with E-state index in [-0.39, 0.29) is 12.5 Å². The van der Waals surface area contributed by atoms with Gasteiger partial charge in [0.15, 0.2) is 0 Å². The quantitative estimate of drug-likeness (QED) is 0.605. The van der Waals surface area contributed by atoms with Crippen LogP contribution in [-0.2, 0) is 6.61 Å². The predicted octanol–water partition coefficient (Wildman–Crippen LogP) is 5.15. The molecule has 5 heteroatoms. The molecule has 0 spiro atoms. The first-order valence-corrected chi connectivity index (χ1v) is 9.33. The van der Waals surface area contributed by atoms with Crippen molar-refractivity contribution in [1.82, 2.24) is 0 Å². The molecule has 0 fully saturated rings. The minimum atomic E-state index is -0.177. The highest BCUT2D eigenvalue weighted by Gasteiger charge is 2.13. The molecule has 1 amide bonds. The van der Waals surface area contributed by atoms with Crippen LogP contribution >= 0.6 is 0 Å². The van der Waals surface area contributed by atoms with E-state index in [1.165, 1.54) is 0 Å². The lowest BCUT2D eigenvalue weighted by Crippen LogP contribution is -2.14. The number of hydrogen-bond acceptors (Lipinski definition) is 4. The highest BCUT2D eigenvalue weighted by Crippen LogP contribution is 2.25. The second-order valence-corrected chi connectivity index (χ2v) is 6.70. The zero-order valence-corrected chi connectivity index (χ0v) is 17.1. The molecule has 3 aromatic carbocycles. The monoisotopic (exact) mass is 391 g/mol. The maximum atomic E-state index is 12.8. The highest BCUT2D eigenvalue weighted by atomic mass is 16.5. The van der Waals surface area contributed by atoms with Gasteiger partial charge in [0.05, 0.1) is 14.2 Å². The molecule has 0 saturated carbocycles. The molecule has 1 N–H and O–H groups in total. The van der Waals surface area contributed by atoms with Crippen LogP contribution in [0.5, 0.6) is 17.2 Å². The van der Waals surface area contributed by atoms with Gasteiger partial charge < -0.3 is 19.5 Å². The second kappa shape index (κ2) is 9.15. The van der Waals surface area contributed by atoms with Crippen LogP contribution < -0.4 is 19.5 Å². The van der Waals surface area contributed by atoms with Gasteiger partial charge in [0.1, 0.15) is 23.9 Å². The van der Waals surface area contributed by atoms with Crippen molar-refractivity contribution in [1.29, 1.82) is 0 Å². The van der Waals surface area contributed by atoms with E-state index >= 15 is 0 Å². The summed E-state index contributed by atoms with van der Waals surface area (Å²) in [6.07, 6.45) is 0. The lowest BCUT2D eigenvalue weighted by atomic mass is 10.1. The lowest BCUT2D eigenvalue weighted by Gasteiger charge is -2.14. The molecule has 0 aliphatic carbocycles. The number of anilines is 1. The minimum absolute atomic E-state index is 0.177. The van der Waals surface area contributed by atoms with Crippen molar-refractivity contribution in [2.45, 2.75) is 20.5 Å². The van der Waals surface area contributed by atoms with Crippen LogP contribution in [0.15, 0.2) is 60.7 Å². The van der Waals surface area contributed by atoms with Crippen LogP contribution in [0.25, 0.3) is 0 Å². The maximum Gasteiger partial charge on any atom is 0.255 e. The van der Waals surface area contributed by atoms with E-state index in [9.17, 15) is 4.79 Å². The highest BCUT2D eigenvalue weighted by molar-refractivity contribution is 6.05. The standard InChI is InChI=1S/C24H25NO4/c1-16-7-5-10-22(17(16)2)25-24(26)18-11-12-23(28-4)19(13-18)15-29-21-9-6-8-20(14-21)27-3/h5-14H,15H2,1-4H3,(H,25,26). The Hall–Kier alpha value is -3.47. The Morgan fingerprint density at radius 3 is 2.41 bits per heavy atom. The van der Waals surface area contributed by atoms with E-state index in [0.29, 0.717) is 17.1 Å². The Morgan fingerprint density at radius 2 is 1.66 bits per heavy atom. The molecular weight excluding hydrogens is 366 g/mol. The van der Waals surface area contributed by atoms with Gasteiger partial charge in [-0.1, -0.05) is 18.2 Å². The fourth-order valence-electron chi connectivity index (χ4n) is 2.97. The van der Waals surface area contributed by atoms with Gasteiger partial charge in [0.2, 0.25) is 0 Å². The number of ether oxygens (including phenoxy) is 3. The number of carbonyl (C=O) groups excluding carboxylic acids is 1. The zero-order chi connectivity index (χ0) is 20.8. The number of hydrogen-bond donors (Lipinski definition) is 1. The van der Waals surface area contributed by atoms with Gasteiger partial charge in [-0.05, 0) is 61.4 Å². The summed E-state index contributed by atoms with van der Waals surface area (Å²) >= 11 is 0. The number of carbonyl (C=O) groups is 1. The van der Waals surface area contributed by atoms with Gasteiger partial charge in [0.25, 0.3) is 5.91 Å². The first-order chi connectivity index (χ1) is 14.0. The van der Waals surface area contributed by atoms with E-state index in [1.54, 1.807) is 32.4 Å². The molecule has 0 unspecified atom stereocenters. The van der Waals surface area contributed by atoms with E-state index < -0.39 is 0 Å². The van der Waals surface area contributed by atoms with Crippen molar-refractivity contribution < 1.29 is 19.0 Å². The van der Waals surface area contributed by atoms with Crippen molar-refractivity contribution in [3.8, 4) is 17.2 Å². The van der Waals surface area contributed by atoms with E-state index in [2.05, 4.69) is 5.32 Å². The third-order valence-electron chi connectivity index (χ3n) is 4.83. The average Bonchev–Trinajstić information content (AvgIpc) is 2.75. The molecule has 3 aromatic rings. The van der Waals surface area contributed by atoms with Gasteiger partial charge in [-0.15, -0.1) is 0 Å². The molecule has 3 rings (SSSR count). The molecule has 0 heterocycles. The second-order valence-electron chi connectivity index (χ2n) is 6.70. The van der Waals surface area contributed by atoms with Gasteiger partial charge in [-0.3, -0.25) is 4.79 Å². The van der Waals surface area contributed by atoms with Crippen LogP contribution in [0.3, 0.4) is 0 Å². The van der Waals surface area contributed by atoms with Gasteiger partial charge in [0, 0.05) is 22.9 Å². The predicted molar refractivity (Wildman–Crippen MR) is 114 cm³/mol. The largest absolute Gasteiger partial charge is 0.497 e. The fourth-order valence-corrected chi connectivity index (χ4v) is 2.97. The SMILES string of the molecule is COc1cccc(OCc2cc(C(=O)Nc3cccc(C)c3C)ccc2OC)c1. The molecular formula is C24H25NO4. The van der Waals surface area contributed by atoms with E-state index in [4.69, 9.17) is 14.2 Å². The molecule has 0 saturated heterocycles. The van der Waals surface area contributed by atoms with Crippen LogP contribution in [0.4, 0.5) is 5.69 Å². The molecule has 0 aromatic heterocycles. The van der Waals surface area contributed by atoms with Crippen molar-refractivity contribution in [3.63, 3.8) is 0 Å². The lowest BCUT2D eigenvalue weighted by molar-refractivity contribution is 0.102. The van der Waals surface area contributed by atoms with Crippen molar-refractivity contribution in [2.24, 2.45) is 0 Å². The summed E-state index contributed by atoms with van der Waals surface area (Å²) in [4.78, 5) is 12.8. The van der Waals surface area contributed by atoms with E-state index in [1.807, 2.05) is 56.3 Å². The number of methoxy groups -OCH3 is 2. The minimum Gasteiger partial charge on any atom is -0.497 e. The summed E-state index contributed by atoms with van der Waals surface area (Å²) in [7, 11) is 3.21. The third-order valence-corrected chi connectivity index (χ3v) is 4.83. The first kappa shape index (κ1) is 20.3. The number of nitrogens with one attached hydrogen (secondary N) is 1. The molecule has 0 bridgehead atoms. The molecule has 0 aliphatic rings. The van der Waals surface area contributed by atoms with Crippen molar-refractivity contribution in [2.75, 3.05) is 19.5 Å². The first-order valence-electron chi connectivity index (χ1n) is 9.33. The Bertz CT molecular complexity index is 1010. The molecule has 150 valence electrons. The molecule has 0 aliphatic heterocycles. The average molecular weight is 391 g/mol. The summed E-state index contributed by atoms with van der Waals surface area (Å²) in [5.41, 5.74) is 4.31. The summed E-state index contributed by atoms with van der Waals surface area (Å²) < 4.78 is 16.5. The van der Waals surface area contributed by atoms with Crippen LogP contribution in [0, 0.1) is 13.8 Å². The zero-order valence-electron chi connectivity index (χ0n) is 17.1. The summed E-state index contributed by atoms with van der Waals surface area (Å²) in [5.74, 6) is 1.88. The normalized spacial score (nSPS) is 10.3. The Kier molecular flexibility index (Phi) is 6.39. The summed E-state index contributed by atoms with van der Waals surface area (Å²) in [6, 6.07) is 18.5. The van der Waals surface area contributed by atoms with Crippen molar-refractivity contribution >= 4 is 11.6 Å². The van der Waals surface area contributed by atoms with Gasteiger partial charge in [-0.2, -0.15) is 0 Å². The van der Waals surface area contributed by atoms with Crippen LogP contribution in [0.2, 0.25) is 0 Å². The third kappa shape index (κ3) is 4.88. The number of benzene rings is 3. The molecule has 29 heavy (non-hydrogen) atoms. The summed E-state index contributed by atoms with van der Waals surface area (Å²) in [6.45, 7) is 4.28. The topological polar surface area (TPSA) is 56.8 Å². The Balaban J connectivity index is 1.78. The van der Waals surface area contributed by atoms with Crippen molar-refractivity contribution in [3.05, 3.63) is 82.9 Å². The fraction of sp³-hybridized carbons (Fsp3) is 0.208. The number of aryl methyl sites for hydroxylation is 1. The number of amides is 1. The van der Waals surface area contributed by atoms with Crippen LogP contribution in [-0.4, -0.2) is 20.1 Å². The summed E-state index contributed by atoms with van der Waals surface area (Å²) in [5, 5.41) is 2.98. The molecule has 5 nitrogen and oxygen atoms in total. The van der Waals surface area contributed by atoms with Gasteiger partial charge >= 0.3 is 0 Å². The van der Waals surface area contributed by atoms with Gasteiger partial charge in [-0.25, -0.2) is 0 Å². The Labute approximate surface area is 171 Å². The van der Waals surface area contributed by atoms with E-state index in [0.717, 1.165) is 28.1 Å². The Morgan fingerprint density at radius 1 is 0.897 bits per heavy atom. The molecule has 0 radical (unpaired) electrons. The maximum absolute atomic E-state index is 12.8. The van der Waals surface area contributed by atoms with Crippen LogP contribution in [0.1, 0.15) is 27.0 Å².